The molecule has 2 rings (SSSR count). The highest BCUT2D eigenvalue weighted by Crippen LogP contribution is 2.31. The van der Waals surface area contributed by atoms with Gasteiger partial charge in [0.1, 0.15) is 0 Å². The lowest BCUT2D eigenvalue weighted by Crippen LogP contribution is -2.16. The molecule has 0 amide bonds. The minimum absolute atomic E-state index is 0.242. The molecule has 20 heavy (non-hydrogen) atoms. The number of aromatic nitrogens is 2. The molecule has 0 aliphatic heterocycles. The Balaban J connectivity index is 2.05. The summed E-state index contributed by atoms with van der Waals surface area (Å²) < 4.78 is 5.54. The summed E-state index contributed by atoms with van der Waals surface area (Å²) in [5, 5.41) is 9.66. The van der Waals surface area contributed by atoms with Gasteiger partial charge in [0.2, 0.25) is 5.89 Å². The van der Waals surface area contributed by atoms with E-state index in [2.05, 4.69) is 10.2 Å². The third-order valence-electron chi connectivity index (χ3n) is 2.83. The molecule has 0 aliphatic rings. The summed E-state index contributed by atoms with van der Waals surface area (Å²) >= 11 is 13.6. The van der Waals surface area contributed by atoms with Crippen molar-refractivity contribution in [1.29, 1.82) is 0 Å². The van der Waals surface area contributed by atoms with Crippen molar-refractivity contribution in [2.45, 2.75) is 30.9 Å². The zero-order chi connectivity index (χ0) is 14.7. The number of hydrogen-bond donors (Lipinski definition) is 1. The predicted molar refractivity (Wildman–Crippen MR) is 82.1 cm³/mol. The lowest BCUT2D eigenvalue weighted by molar-refractivity contribution is 0.349. The first-order valence-corrected chi connectivity index (χ1v) is 7.88. The quantitative estimate of drug-likeness (QED) is 0.826. The van der Waals surface area contributed by atoms with Crippen molar-refractivity contribution in [1.82, 2.24) is 10.2 Å². The van der Waals surface area contributed by atoms with Gasteiger partial charge in [-0.25, -0.2) is 0 Å². The van der Waals surface area contributed by atoms with E-state index in [1.54, 1.807) is 12.1 Å². The monoisotopic (exact) mass is 331 g/mol. The molecule has 0 saturated heterocycles. The molecule has 1 heterocycles. The van der Waals surface area contributed by atoms with E-state index in [4.69, 9.17) is 33.4 Å². The van der Waals surface area contributed by atoms with Gasteiger partial charge in [0, 0.05) is 15.8 Å². The van der Waals surface area contributed by atoms with Crippen LogP contribution >= 0.6 is 35.0 Å². The normalized spacial score (nSPS) is 12.9. The Hall–Kier alpha value is -0.750. The fourth-order valence-corrected chi connectivity index (χ4v) is 3.01. The lowest BCUT2D eigenvalue weighted by atomic mass is 10.1. The van der Waals surface area contributed by atoms with Gasteiger partial charge in [0.05, 0.1) is 6.04 Å². The molecule has 0 saturated carbocycles. The van der Waals surface area contributed by atoms with E-state index in [9.17, 15) is 0 Å². The van der Waals surface area contributed by atoms with Crippen LogP contribution in [0.2, 0.25) is 10.0 Å². The number of nitrogens with zero attached hydrogens (tertiary/aromatic N) is 2. The average molecular weight is 332 g/mol. The molecule has 1 aromatic heterocycles. The maximum absolute atomic E-state index is 6.11. The molecule has 0 unspecified atom stereocenters. The minimum Gasteiger partial charge on any atom is -0.414 e. The summed E-state index contributed by atoms with van der Waals surface area (Å²) in [7, 11) is 0. The van der Waals surface area contributed by atoms with Crippen LogP contribution in [0.1, 0.15) is 31.3 Å². The van der Waals surface area contributed by atoms with E-state index in [1.807, 2.05) is 19.9 Å². The Kier molecular flexibility index (Phi) is 5.32. The fraction of sp³-hybridized carbons (Fsp3) is 0.385. The van der Waals surface area contributed by atoms with Crippen molar-refractivity contribution in [3.8, 4) is 0 Å². The van der Waals surface area contributed by atoms with E-state index < -0.39 is 0 Å². The Morgan fingerprint density at radius 1 is 1.25 bits per heavy atom. The maximum atomic E-state index is 6.11. The van der Waals surface area contributed by atoms with Crippen LogP contribution in [0.3, 0.4) is 0 Å². The van der Waals surface area contributed by atoms with Crippen molar-refractivity contribution in [3.05, 3.63) is 39.7 Å². The Bertz CT molecular complexity index is 568. The molecule has 2 aromatic rings. The van der Waals surface area contributed by atoms with Crippen molar-refractivity contribution in [3.63, 3.8) is 0 Å². The first-order chi connectivity index (χ1) is 9.49. The molecule has 4 nitrogen and oxygen atoms in total. The highest BCUT2D eigenvalue weighted by Gasteiger charge is 2.18. The molecule has 0 fully saturated rings. The van der Waals surface area contributed by atoms with E-state index in [0.717, 1.165) is 5.56 Å². The van der Waals surface area contributed by atoms with Crippen LogP contribution in [0.25, 0.3) is 0 Å². The van der Waals surface area contributed by atoms with Gasteiger partial charge in [-0.15, -0.1) is 10.2 Å². The number of benzene rings is 1. The van der Waals surface area contributed by atoms with Gasteiger partial charge in [-0.3, -0.25) is 0 Å². The summed E-state index contributed by atoms with van der Waals surface area (Å²) in [6.45, 7) is 4.01. The second-order valence-electron chi connectivity index (χ2n) is 4.66. The van der Waals surface area contributed by atoms with Gasteiger partial charge < -0.3 is 10.2 Å². The molecular weight excluding hydrogens is 317 g/mol. The Morgan fingerprint density at radius 3 is 2.50 bits per heavy atom. The second kappa shape index (κ2) is 6.80. The molecule has 0 spiro atoms. The molecule has 0 bridgehead atoms. The average Bonchev–Trinajstić information content (AvgIpc) is 2.86. The van der Waals surface area contributed by atoms with Crippen LogP contribution < -0.4 is 5.73 Å². The summed E-state index contributed by atoms with van der Waals surface area (Å²) in [6, 6.07) is 5.17. The summed E-state index contributed by atoms with van der Waals surface area (Å²) in [6.07, 6.45) is 0. The largest absolute Gasteiger partial charge is 0.414 e. The zero-order valence-electron chi connectivity index (χ0n) is 11.1. The molecule has 108 valence electrons. The van der Waals surface area contributed by atoms with Crippen LogP contribution in [0.5, 0.6) is 0 Å². The second-order valence-corrected chi connectivity index (χ2v) is 6.41. The van der Waals surface area contributed by atoms with Crippen LogP contribution in [0.15, 0.2) is 27.8 Å². The molecule has 2 N–H and O–H groups in total. The zero-order valence-corrected chi connectivity index (χ0v) is 13.5. The number of hydrogen-bond acceptors (Lipinski definition) is 5. The lowest BCUT2D eigenvalue weighted by Gasteiger charge is -2.09. The topological polar surface area (TPSA) is 64.9 Å². The van der Waals surface area contributed by atoms with E-state index >= 15 is 0 Å². The summed E-state index contributed by atoms with van der Waals surface area (Å²) in [5.41, 5.74) is 6.81. The molecule has 7 heteroatoms. The van der Waals surface area contributed by atoms with E-state index in [-0.39, 0.29) is 12.0 Å². The van der Waals surface area contributed by atoms with Crippen molar-refractivity contribution < 1.29 is 4.42 Å². The first-order valence-electron chi connectivity index (χ1n) is 6.13. The standard InChI is InChI=1S/C13H15Cl2N3OS/c1-7(2)11(16)12-17-18-13(19-12)20-6-8-9(14)4-3-5-10(8)15/h3-5,7,11H,6,16H2,1-2H3/t11-/m0/s1. The molecular formula is C13H15Cl2N3OS. The van der Waals surface area contributed by atoms with Gasteiger partial charge in [-0.05, 0) is 23.6 Å². The van der Waals surface area contributed by atoms with Gasteiger partial charge in [-0.2, -0.15) is 0 Å². The number of rotatable bonds is 5. The number of halogens is 2. The Morgan fingerprint density at radius 2 is 1.90 bits per heavy atom. The number of thioether (sulfide) groups is 1. The Labute approximate surface area is 132 Å². The van der Waals surface area contributed by atoms with Crippen LogP contribution in [0.4, 0.5) is 0 Å². The van der Waals surface area contributed by atoms with Crippen molar-refractivity contribution >= 4 is 35.0 Å². The van der Waals surface area contributed by atoms with E-state index in [0.29, 0.717) is 26.9 Å². The van der Waals surface area contributed by atoms with Gasteiger partial charge in [0.25, 0.3) is 5.22 Å². The summed E-state index contributed by atoms with van der Waals surface area (Å²) in [4.78, 5) is 0. The third kappa shape index (κ3) is 3.67. The highest BCUT2D eigenvalue weighted by molar-refractivity contribution is 7.98. The molecule has 0 aliphatic carbocycles. The highest BCUT2D eigenvalue weighted by atomic mass is 35.5. The predicted octanol–water partition coefficient (Wildman–Crippen LogP) is 4.32. The van der Waals surface area contributed by atoms with Crippen molar-refractivity contribution in [2.24, 2.45) is 11.7 Å². The maximum Gasteiger partial charge on any atom is 0.276 e. The van der Waals surface area contributed by atoms with Gasteiger partial charge in [-0.1, -0.05) is 54.9 Å². The van der Waals surface area contributed by atoms with Crippen LogP contribution in [-0.4, -0.2) is 10.2 Å². The van der Waals surface area contributed by atoms with Gasteiger partial charge >= 0.3 is 0 Å². The molecule has 1 aromatic carbocycles. The van der Waals surface area contributed by atoms with Crippen molar-refractivity contribution in [2.75, 3.05) is 0 Å². The number of nitrogens with two attached hydrogens (primary N) is 1. The molecule has 1 atom stereocenters. The van der Waals surface area contributed by atoms with Crippen LogP contribution in [-0.2, 0) is 5.75 Å². The fourth-order valence-electron chi connectivity index (χ4n) is 1.50. The SMILES string of the molecule is CC(C)[C@H](N)c1nnc(SCc2c(Cl)cccc2Cl)o1. The first kappa shape index (κ1) is 15.6. The molecule has 0 radical (unpaired) electrons. The minimum atomic E-state index is -0.249. The van der Waals surface area contributed by atoms with Crippen LogP contribution in [0, 0.1) is 5.92 Å². The third-order valence-corrected chi connectivity index (χ3v) is 4.38. The smallest absolute Gasteiger partial charge is 0.276 e. The summed E-state index contributed by atoms with van der Waals surface area (Å²) in [5.74, 6) is 1.26. The van der Waals surface area contributed by atoms with E-state index in [1.165, 1.54) is 11.8 Å². The van der Waals surface area contributed by atoms with Gasteiger partial charge in [0.15, 0.2) is 0 Å².